The zero-order valence-corrected chi connectivity index (χ0v) is 12.7. The Bertz CT molecular complexity index is 760. The van der Waals surface area contributed by atoms with Crippen molar-refractivity contribution in [2.45, 2.75) is 13.3 Å². The molecule has 1 aliphatic carbocycles. The van der Waals surface area contributed by atoms with Crippen molar-refractivity contribution in [2.75, 3.05) is 10.6 Å². The molecule has 0 saturated heterocycles. The monoisotopic (exact) mass is 312 g/mol. The van der Waals surface area contributed by atoms with Gasteiger partial charge in [0, 0.05) is 17.2 Å². The second kappa shape index (κ2) is 6.20. The van der Waals surface area contributed by atoms with Crippen molar-refractivity contribution in [1.82, 2.24) is 0 Å². The zero-order chi connectivity index (χ0) is 16.4. The first-order valence-corrected chi connectivity index (χ1v) is 7.51. The molecule has 0 unspecified atom stereocenters. The molecule has 1 fully saturated rings. The lowest BCUT2D eigenvalue weighted by molar-refractivity contribution is -0.117. The van der Waals surface area contributed by atoms with E-state index in [1.807, 2.05) is 6.92 Å². The van der Waals surface area contributed by atoms with E-state index in [2.05, 4.69) is 10.6 Å². The number of benzene rings is 2. The van der Waals surface area contributed by atoms with Crippen molar-refractivity contribution in [3.63, 3.8) is 0 Å². The third-order valence-corrected chi connectivity index (χ3v) is 3.96. The Morgan fingerprint density at radius 2 is 1.83 bits per heavy atom. The van der Waals surface area contributed by atoms with Crippen molar-refractivity contribution < 1.29 is 14.0 Å². The van der Waals surface area contributed by atoms with Gasteiger partial charge in [0.05, 0.1) is 5.69 Å². The average molecular weight is 312 g/mol. The molecule has 1 saturated carbocycles. The van der Waals surface area contributed by atoms with Crippen LogP contribution < -0.4 is 10.6 Å². The number of carbonyl (C=O) groups excluding carboxylic acids is 2. The maximum Gasteiger partial charge on any atom is 0.255 e. The van der Waals surface area contributed by atoms with E-state index < -0.39 is 11.7 Å². The van der Waals surface area contributed by atoms with Gasteiger partial charge < -0.3 is 10.6 Å². The van der Waals surface area contributed by atoms with Gasteiger partial charge in [0.2, 0.25) is 5.91 Å². The Balaban J connectivity index is 1.70. The molecule has 0 bridgehead atoms. The summed E-state index contributed by atoms with van der Waals surface area (Å²) in [4.78, 5) is 24.2. The predicted octanol–water partition coefficient (Wildman–Crippen LogP) is 3.67. The molecule has 5 heteroatoms. The predicted molar refractivity (Wildman–Crippen MR) is 86.7 cm³/mol. The van der Waals surface area contributed by atoms with Crippen LogP contribution in [0.4, 0.5) is 15.8 Å². The lowest BCUT2D eigenvalue weighted by atomic mass is 10.1. The van der Waals surface area contributed by atoms with Gasteiger partial charge in [-0.15, -0.1) is 0 Å². The normalized spacial score (nSPS) is 19.0. The van der Waals surface area contributed by atoms with Crippen LogP contribution in [-0.4, -0.2) is 11.8 Å². The highest BCUT2D eigenvalue weighted by Gasteiger charge is 2.39. The Kier molecular flexibility index (Phi) is 4.10. The van der Waals surface area contributed by atoms with Crippen LogP contribution in [0.5, 0.6) is 0 Å². The van der Waals surface area contributed by atoms with Gasteiger partial charge in [-0.2, -0.15) is 0 Å². The lowest BCUT2D eigenvalue weighted by Crippen LogP contribution is -2.16. The number of carbonyl (C=O) groups is 2. The van der Waals surface area contributed by atoms with E-state index in [4.69, 9.17) is 0 Å². The molecule has 1 aliphatic rings. The summed E-state index contributed by atoms with van der Waals surface area (Å²) in [6.45, 7) is 2.03. The molecular weight excluding hydrogens is 295 g/mol. The fourth-order valence-corrected chi connectivity index (χ4v) is 2.42. The molecule has 2 atom stereocenters. The number of hydrogen-bond donors (Lipinski definition) is 2. The second-order valence-electron chi connectivity index (χ2n) is 5.82. The number of nitrogens with one attached hydrogen (secondary N) is 2. The zero-order valence-electron chi connectivity index (χ0n) is 12.7. The number of para-hydroxylation sites is 1. The van der Waals surface area contributed by atoms with Crippen molar-refractivity contribution in [3.05, 3.63) is 59.9 Å². The Morgan fingerprint density at radius 3 is 2.52 bits per heavy atom. The molecule has 4 nitrogen and oxygen atoms in total. The highest BCUT2D eigenvalue weighted by atomic mass is 19.1. The third-order valence-electron chi connectivity index (χ3n) is 3.96. The summed E-state index contributed by atoms with van der Waals surface area (Å²) in [5.41, 5.74) is 1.05. The van der Waals surface area contributed by atoms with Gasteiger partial charge in [-0.3, -0.25) is 9.59 Å². The van der Waals surface area contributed by atoms with E-state index in [0.29, 0.717) is 17.2 Å². The smallest absolute Gasteiger partial charge is 0.255 e. The van der Waals surface area contributed by atoms with Gasteiger partial charge in [0.1, 0.15) is 5.82 Å². The standard InChI is InChI=1S/C18H17FN2O2/c1-11-9-14(11)18(23)20-13-6-4-5-12(10-13)17(22)21-16-8-3-2-7-15(16)19/h2-8,10-11,14H,9H2,1H3,(H,20,23)(H,21,22)/t11-,14-/m0/s1. The quantitative estimate of drug-likeness (QED) is 0.905. The van der Waals surface area contributed by atoms with Crippen LogP contribution in [0.3, 0.4) is 0 Å². The maximum atomic E-state index is 13.6. The first-order valence-electron chi connectivity index (χ1n) is 7.51. The molecule has 2 N–H and O–H groups in total. The van der Waals surface area contributed by atoms with Crippen molar-refractivity contribution >= 4 is 23.2 Å². The first kappa shape index (κ1) is 15.2. The van der Waals surface area contributed by atoms with Crippen molar-refractivity contribution in [3.8, 4) is 0 Å². The van der Waals surface area contributed by atoms with Gasteiger partial charge in [0.15, 0.2) is 0 Å². The van der Waals surface area contributed by atoms with Crippen LogP contribution in [0.1, 0.15) is 23.7 Å². The van der Waals surface area contributed by atoms with Gasteiger partial charge >= 0.3 is 0 Å². The molecule has 23 heavy (non-hydrogen) atoms. The molecular formula is C18H17FN2O2. The molecule has 2 aromatic rings. The summed E-state index contributed by atoms with van der Waals surface area (Å²) in [5, 5.41) is 5.33. The average Bonchev–Trinajstić information content (AvgIpc) is 3.27. The molecule has 3 rings (SSSR count). The summed E-state index contributed by atoms with van der Waals surface area (Å²) in [6, 6.07) is 12.6. The fraction of sp³-hybridized carbons (Fsp3) is 0.222. The summed E-state index contributed by atoms with van der Waals surface area (Å²) < 4.78 is 13.6. The Hall–Kier alpha value is -2.69. The maximum absolute atomic E-state index is 13.6. The number of anilines is 2. The topological polar surface area (TPSA) is 58.2 Å². The van der Waals surface area contributed by atoms with E-state index >= 15 is 0 Å². The number of rotatable bonds is 4. The van der Waals surface area contributed by atoms with E-state index in [0.717, 1.165) is 6.42 Å². The number of hydrogen-bond acceptors (Lipinski definition) is 2. The van der Waals surface area contributed by atoms with E-state index in [1.165, 1.54) is 12.1 Å². The Morgan fingerprint density at radius 1 is 1.09 bits per heavy atom. The SMILES string of the molecule is C[C@H]1C[C@@H]1C(=O)Nc1cccc(C(=O)Nc2ccccc2F)c1. The van der Waals surface area contributed by atoms with Crippen LogP contribution in [-0.2, 0) is 4.79 Å². The number of halogens is 1. The minimum Gasteiger partial charge on any atom is -0.326 e. The number of amides is 2. The van der Waals surface area contributed by atoms with Crippen LogP contribution >= 0.6 is 0 Å². The van der Waals surface area contributed by atoms with Crippen molar-refractivity contribution in [2.24, 2.45) is 11.8 Å². The molecule has 0 spiro atoms. The lowest BCUT2D eigenvalue weighted by Gasteiger charge is -2.09. The molecule has 0 radical (unpaired) electrons. The van der Waals surface area contributed by atoms with Crippen LogP contribution in [0.25, 0.3) is 0 Å². The summed E-state index contributed by atoms with van der Waals surface area (Å²) in [5.74, 6) is -0.461. The van der Waals surface area contributed by atoms with E-state index in [1.54, 1.807) is 36.4 Å². The molecule has 0 aromatic heterocycles. The fourth-order valence-electron chi connectivity index (χ4n) is 2.42. The van der Waals surface area contributed by atoms with Crippen LogP contribution in [0, 0.1) is 17.7 Å². The summed E-state index contributed by atoms with van der Waals surface area (Å²) in [7, 11) is 0. The Labute approximate surface area is 133 Å². The van der Waals surface area contributed by atoms with E-state index in [9.17, 15) is 14.0 Å². The van der Waals surface area contributed by atoms with Gasteiger partial charge in [0.25, 0.3) is 5.91 Å². The first-order chi connectivity index (χ1) is 11.0. The molecule has 118 valence electrons. The van der Waals surface area contributed by atoms with Gasteiger partial charge in [-0.05, 0) is 42.7 Å². The highest BCUT2D eigenvalue weighted by molar-refractivity contribution is 6.05. The van der Waals surface area contributed by atoms with Crippen LogP contribution in [0.15, 0.2) is 48.5 Å². The minimum atomic E-state index is -0.493. The van der Waals surface area contributed by atoms with Crippen LogP contribution in [0.2, 0.25) is 0 Å². The highest BCUT2D eigenvalue weighted by Crippen LogP contribution is 2.38. The summed E-state index contributed by atoms with van der Waals surface area (Å²) >= 11 is 0. The molecule has 0 aliphatic heterocycles. The molecule has 2 amide bonds. The minimum absolute atomic E-state index is 0.0239. The largest absolute Gasteiger partial charge is 0.326 e. The van der Waals surface area contributed by atoms with Crippen molar-refractivity contribution in [1.29, 1.82) is 0 Å². The third kappa shape index (κ3) is 3.56. The molecule has 0 heterocycles. The van der Waals surface area contributed by atoms with Gasteiger partial charge in [-0.1, -0.05) is 25.1 Å². The molecule has 2 aromatic carbocycles. The second-order valence-corrected chi connectivity index (χ2v) is 5.82. The summed E-state index contributed by atoms with van der Waals surface area (Å²) in [6.07, 6.45) is 0.902. The van der Waals surface area contributed by atoms with E-state index in [-0.39, 0.29) is 17.5 Å². The van der Waals surface area contributed by atoms with Gasteiger partial charge in [-0.25, -0.2) is 4.39 Å².